The number of ether oxygens (including phenoxy) is 1. The molecule has 0 amide bonds. The van der Waals surface area contributed by atoms with Gasteiger partial charge < -0.3 is 15.0 Å². The minimum absolute atomic E-state index is 0.252. The van der Waals surface area contributed by atoms with Crippen LogP contribution in [0.25, 0.3) is 11.3 Å². The summed E-state index contributed by atoms with van der Waals surface area (Å²) in [6, 6.07) is 6.71. The van der Waals surface area contributed by atoms with Crippen molar-refractivity contribution in [3.63, 3.8) is 0 Å². The molecule has 1 saturated heterocycles. The monoisotopic (exact) mass is 460 g/mol. The molecular formula is C25H32N8O. The molecule has 2 aliphatic carbocycles. The molecule has 3 aromatic rings. The van der Waals surface area contributed by atoms with Crippen LogP contribution >= 0.6 is 0 Å². The molecule has 1 unspecified atom stereocenters. The number of nitrogens with zero attached hydrogens (tertiary/aromatic N) is 7. The van der Waals surface area contributed by atoms with Gasteiger partial charge in [0.25, 0.3) is 0 Å². The Bertz CT molecular complexity index is 1120. The van der Waals surface area contributed by atoms with Crippen LogP contribution in [0.1, 0.15) is 50.6 Å². The minimum Gasteiger partial charge on any atom is -0.495 e. The number of pyridine rings is 1. The van der Waals surface area contributed by atoms with Crippen molar-refractivity contribution in [3.05, 3.63) is 42.5 Å². The van der Waals surface area contributed by atoms with E-state index in [4.69, 9.17) is 4.74 Å². The molecule has 0 spiro atoms. The second-order valence-electron chi connectivity index (χ2n) is 9.96. The van der Waals surface area contributed by atoms with Crippen LogP contribution in [-0.4, -0.2) is 63.0 Å². The third-order valence-electron chi connectivity index (χ3n) is 7.69. The molecule has 0 radical (unpaired) electrons. The Hall–Kier alpha value is -3.07. The quantitative estimate of drug-likeness (QED) is 0.548. The highest BCUT2D eigenvalue weighted by Gasteiger charge is 2.49. The molecule has 2 saturated carbocycles. The Morgan fingerprint density at radius 3 is 2.74 bits per heavy atom. The second-order valence-corrected chi connectivity index (χ2v) is 9.96. The van der Waals surface area contributed by atoms with Gasteiger partial charge in [0.2, 0.25) is 0 Å². The van der Waals surface area contributed by atoms with Crippen molar-refractivity contribution >= 4 is 5.82 Å². The molecular weight excluding hydrogens is 428 g/mol. The highest BCUT2D eigenvalue weighted by atomic mass is 16.5. The van der Waals surface area contributed by atoms with E-state index in [2.05, 4.69) is 47.8 Å². The second kappa shape index (κ2) is 8.94. The van der Waals surface area contributed by atoms with E-state index >= 15 is 0 Å². The number of rotatable bonds is 8. The van der Waals surface area contributed by atoms with E-state index in [0.717, 1.165) is 61.2 Å². The van der Waals surface area contributed by atoms with Crippen LogP contribution in [0.5, 0.6) is 5.75 Å². The maximum atomic E-state index is 5.29. The van der Waals surface area contributed by atoms with Gasteiger partial charge in [-0.05, 0) is 69.2 Å². The predicted octanol–water partition coefficient (Wildman–Crippen LogP) is 3.03. The zero-order valence-corrected chi connectivity index (χ0v) is 19.7. The Morgan fingerprint density at radius 1 is 1.09 bits per heavy atom. The van der Waals surface area contributed by atoms with Gasteiger partial charge in [0.05, 0.1) is 25.2 Å². The van der Waals surface area contributed by atoms with Crippen LogP contribution < -0.4 is 15.0 Å². The number of nitrogens with one attached hydrogen (secondary N) is 1. The zero-order chi connectivity index (χ0) is 23.0. The molecule has 0 aromatic carbocycles. The summed E-state index contributed by atoms with van der Waals surface area (Å²) >= 11 is 0. The summed E-state index contributed by atoms with van der Waals surface area (Å²) in [7, 11) is 1.63. The Labute approximate surface area is 199 Å². The lowest BCUT2D eigenvalue weighted by atomic mass is 9.85. The summed E-state index contributed by atoms with van der Waals surface area (Å²) in [6.45, 7) is 3.21. The van der Waals surface area contributed by atoms with Crippen LogP contribution in [-0.2, 0) is 5.54 Å². The lowest BCUT2D eigenvalue weighted by molar-refractivity contribution is 0.280. The molecule has 1 aliphatic heterocycles. The highest BCUT2D eigenvalue weighted by molar-refractivity contribution is 5.58. The smallest absolute Gasteiger partial charge is 0.151 e. The molecule has 1 atom stereocenters. The first-order chi connectivity index (χ1) is 16.7. The van der Waals surface area contributed by atoms with E-state index in [1.54, 1.807) is 19.5 Å². The van der Waals surface area contributed by atoms with Gasteiger partial charge in [-0.3, -0.25) is 4.98 Å². The van der Waals surface area contributed by atoms with Crippen LogP contribution in [0.3, 0.4) is 0 Å². The van der Waals surface area contributed by atoms with Crippen LogP contribution in [0.2, 0.25) is 0 Å². The van der Waals surface area contributed by atoms with Gasteiger partial charge in [0.15, 0.2) is 5.82 Å². The fraction of sp³-hybridized carbons (Fsp3) is 0.560. The number of hydrogen-bond donors (Lipinski definition) is 1. The van der Waals surface area contributed by atoms with E-state index in [9.17, 15) is 0 Å². The Morgan fingerprint density at radius 2 is 2.00 bits per heavy atom. The minimum atomic E-state index is -0.252. The molecule has 6 rings (SSSR count). The van der Waals surface area contributed by atoms with E-state index in [0.29, 0.717) is 11.8 Å². The van der Waals surface area contributed by atoms with Gasteiger partial charge in [-0.25, -0.2) is 4.68 Å². The van der Waals surface area contributed by atoms with Crippen molar-refractivity contribution in [1.29, 1.82) is 0 Å². The van der Waals surface area contributed by atoms with Gasteiger partial charge in [0, 0.05) is 30.9 Å². The van der Waals surface area contributed by atoms with E-state index in [1.807, 2.05) is 16.9 Å². The summed E-state index contributed by atoms with van der Waals surface area (Å²) in [5.41, 5.74) is 2.36. The molecule has 4 heterocycles. The standard InChI is InChI=1S/C25H32N8O/c1-34-21-12-19(14-26-15-21)22-17-33(31-28-22)25(9-10-25)23-7-8-24(30-29-23)32-11-3-6-20(16-32)27-13-18-4-2-5-18/h7-8,12,14-15,17-18,20,27H,2-6,9-11,13,16H2,1H3. The largest absolute Gasteiger partial charge is 0.495 e. The first kappa shape index (κ1) is 21.5. The average Bonchev–Trinajstić information content (AvgIpc) is 3.52. The molecule has 178 valence electrons. The first-order valence-electron chi connectivity index (χ1n) is 12.5. The van der Waals surface area contributed by atoms with Crippen molar-refractivity contribution in [1.82, 2.24) is 35.5 Å². The van der Waals surface area contributed by atoms with Crippen molar-refractivity contribution in [2.45, 2.75) is 56.5 Å². The number of hydrogen-bond acceptors (Lipinski definition) is 8. The third-order valence-corrected chi connectivity index (χ3v) is 7.69. The zero-order valence-electron chi connectivity index (χ0n) is 19.7. The molecule has 0 bridgehead atoms. The molecule has 9 heteroatoms. The van der Waals surface area contributed by atoms with Crippen molar-refractivity contribution in [2.24, 2.45) is 5.92 Å². The third kappa shape index (κ3) is 4.13. The van der Waals surface area contributed by atoms with Crippen LogP contribution in [0.15, 0.2) is 36.8 Å². The fourth-order valence-corrected chi connectivity index (χ4v) is 5.12. The molecule has 3 fully saturated rings. The maximum Gasteiger partial charge on any atom is 0.151 e. The van der Waals surface area contributed by atoms with Crippen LogP contribution in [0.4, 0.5) is 5.82 Å². The van der Waals surface area contributed by atoms with Crippen molar-refractivity contribution < 1.29 is 4.74 Å². The topological polar surface area (TPSA) is 93.9 Å². The summed E-state index contributed by atoms with van der Waals surface area (Å²) < 4.78 is 7.23. The first-order valence-corrected chi connectivity index (χ1v) is 12.5. The molecule has 1 N–H and O–H groups in total. The van der Waals surface area contributed by atoms with Gasteiger partial charge in [-0.15, -0.1) is 10.2 Å². The summed E-state index contributed by atoms with van der Waals surface area (Å²) in [5, 5.41) is 21.9. The molecule has 3 aliphatic rings. The normalized spacial score (nSPS) is 21.8. The van der Waals surface area contributed by atoms with Gasteiger partial charge in [-0.2, -0.15) is 5.10 Å². The number of aromatic nitrogens is 6. The van der Waals surface area contributed by atoms with E-state index in [1.165, 1.54) is 32.1 Å². The van der Waals surface area contributed by atoms with E-state index < -0.39 is 0 Å². The Kier molecular flexibility index (Phi) is 5.64. The number of anilines is 1. The lowest BCUT2D eigenvalue weighted by Crippen LogP contribution is -2.47. The van der Waals surface area contributed by atoms with Crippen molar-refractivity contribution in [3.8, 4) is 17.0 Å². The molecule has 3 aromatic heterocycles. The summed E-state index contributed by atoms with van der Waals surface area (Å²) in [5.74, 6) is 2.56. The van der Waals surface area contributed by atoms with E-state index in [-0.39, 0.29) is 5.54 Å². The molecule has 9 nitrogen and oxygen atoms in total. The van der Waals surface area contributed by atoms with Crippen LogP contribution in [0, 0.1) is 5.92 Å². The lowest BCUT2D eigenvalue weighted by Gasteiger charge is -2.35. The van der Waals surface area contributed by atoms with Gasteiger partial charge in [0.1, 0.15) is 17.0 Å². The average molecular weight is 461 g/mol. The number of piperidine rings is 1. The SMILES string of the molecule is COc1cncc(-c2cn(C3(c4ccc(N5CCCC(NCC6CCC6)C5)nn4)CC3)nn2)c1. The van der Waals surface area contributed by atoms with Crippen molar-refractivity contribution in [2.75, 3.05) is 31.6 Å². The summed E-state index contributed by atoms with van der Waals surface area (Å²) in [4.78, 5) is 6.61. The molecule has 34 heavy (non-hydrogen) atoms. The maximum absolute atomic E-state index is 5.29. The predicted molar refractivity (Wildman–Crippen MR) is 129 cm³/mol. The fourth-order valence-electron chi connectivity index (χ4n) is 5.12. The Balaban J connectivity index is 1.14. The van der Waals surface area contributed by atoms with Gasteiger partial charge >= 0.3 is 0 Å². The van der Waals surface area contributed by atoms with Gasteiger partial charge in [-0.1, -0.05) is 11.6 Å². The highest BCUT2D eigenvalue weighted by Crippen LogP contribution is 2.48. The summed E-state index contributed by atoms with van der Waals surface area (Å²) in [6.07, 6.45) is 14.0. The number of methoxy groups -OCH3 is 1.